The van der Waals surface area contributed by atoms with Gasteiger partial charge in [0.1, 0.15) is 11.5 Å². The lowest BCUT2D eigenvalue weighted by Gasteiger charge is -2.17. The van der Waals surface area contributed by atoms with Gasteiger partial charge in [-0.05, 0) is 18.6 Å². The first-order chi connectivity index (χ1) is 16.4. The molecular weight excluding hydrogens is 458 g/mol. The van der Waals surface area contributed by atoms with Gasteiger partial charge in [0.25, 0.3) is 0 Å². The second kappa shape index (κ2) is 11.5. The molecule has 0 bridgehead atoms. The first-order valence-corrected chi connectivity index (χ1v) is 13.3. The summed E-state index contributed by atoms with van der Waals surface area (Å²) in [6.45, 7) is 34.1. The van der Waals surface area contributed by atoms with Crippen LogP contribution in [0.5, 0.6) is 0 Å². The predicted molar refractivity (Wildman–Crippen MR) is 155 cm³/mol. The minimum Gasteiger partial charge on any atom is -0.361 e. The van der Waals surface area contributed by atoms with Crippen LogP contribution in [0.25, 0.3) is 0 Å². The van der Waals surface area contributed by atoms with Crippen LogP contribution in [0.15, 0.2) is 39.5 Å². The molecule has 0 radical (unpaired) electrons. The SMILES string of the molecule is CC(C)(C)c1cc(C(C)(C)C)on1.CC(C)(C)c1cc(C(C)(C)C)on1.Cc1ccc(C(C)(C)C)nc1. The number of hydrogen-bond donors (Lipinski definition) is 0. The van der Waals surface area contributed by atoms with E-state index in [9.17, 15) is 0 Å². The summed E-state index contributed by atoms with van der Waals surface area (Å²) in [6.07, 6.45) is 1.92. The molecule has 0 amide bonds. The van der Waals surface area contributed by atoms with E-state index < -0.39 is 0 Å². The maximum Gasteiger partial charge on any atom is 0.142 e. The van der Waals surface area contributed by atoms with E-state index in [0.717, 1.165) is 28.6 Å². The Morgan fingerprint density at radius 1 is 0.486 bits per heavy atom. The van der Waals surface area contributed by atoms with E-state index in [2.05, 4.69) is 150 Å². The van der Waals surface area contributed by atoms with Gasteiger partial charge in [-0.1, -0.05) is 120 Å². The summed E-state index contributed by atoms with van der Waals surface area (Å²) in [5.74, 6) is 1.91. The van der Waals surface area contributed by atoms with E-state index in [0.29, 0.717) is 0 Å². The average Bonchev–Trinajstić information content (AvgIpc) is 3.38. The third-order valence-corrected chi connectivity index (χ3v) is 5.72. The molecule has 0 aliphatic carbocycles. The summed E-state index contributed by atoms with van der Waals surface area (Å²) in [4.78, 5) is 4.35. The Labute approximate surface area is 226 Å². The van der Waals surface area contributed by atoms with Crippen molar-refractivity contribution in [1.29, 1.82) is 0 Å². The minimum absolute atomic E-state index is 0.0521. The predicted octanol–water partition coefficient (Wildman–Crippen LogP) is 9.23. The third-order valence-electron chi connectivity index (χ3n) is 5.72. The first kappa shape index (κ1) is 32.6. The molecule has 0 saturated carbocycles. The van der Waals surface area contributed by atoms with Gasteiger partial charge in [0.05, 0.1) is 11.4 Å². The zero-order chi connectivity index (χ0) is 29.0. The van der Waals surface area contributed by atoms with Crippen LogP contribution in [0.2, 0.25) is 0 Å². The molecule has 5 nitrogen and oxygen atoms in total. The monoisotopic (exact) mass is 511 g/mol. The van der Waals surface area contributed by atoms with E-state index >= 15 is 0 Å². The number of nitrogens with zero attached hydrogens (tertiary/aromatic N) is 3. The van der Waals surface area contributed by atoms with Crippen LogP contribution in [0.4, 0.5) is 0 Å². The van der Waals surface area contributed by atoms with Crippen molar-refractivity contribution in [3.8, 4) is 0 Å². The minimum atomic E-state index is 0.0521. The number of aromatic nitrogens is 3. The van der Waals surface area contributed by atoms with Crippen LogP contribution in [0.3, 0.4) is 0 Å². The molecule has 3 rings (SSSR count). The summed E-state index contributed by atoms with van der Waals surface area (Å²) in [5.41, 5.74) is 4.86. The molecule has 0 aliphatic rings. The molecule has 0 N–H and O–H groups in total. The highest BCUT2D eigenvalue weighted by Crippen LogP contribution is 2.29. The van der Waals surface area contributed by atoms with Crippen LogP contribution in [0.1, 0.15) is 138 Å². The second-order valence-electron chi connectivity index (χ2n) is 15.1. The molecule has 208 valence electrons. The van der Waals surface area contributed by atoms with E-state index in [1.54, 1.807) is 0 Å². The summed E-state index contributed by atoms with van der Waals surface area (Å²) < 4.78 is 10.6. The van der Waals surface area contributed by atoms with Crippen molar-refractivity contribution >= 4 is 0 Å². The molecule has 0 aliphatic heterocycles. The van der Waals surface area contributed by atoms with Gasteiger partial charge < -0.3 is 9.05 Å². The van der Waals surface area contributed by atoms with Gasteiger partial charge in [-0.25, -0.2) is 0 Å². The van der Waals surface area contributed by atoms with Crippen molar-refractivity contribution < 1.29 is 9.05 Å². The van der Waals surface area contributed by atoms with Crippen molar-refractivity contribution in [1.82, 2.24) is 15.3 Å². The molecule has 0 unspecified atom stereocenters. The Morgan fingerprint density at radius 3 is 1.03 bits per heavy atom. The lowest BCUT2D eigenvalue weighted by Crippen LogP contribution is -2.12. The van der Waals surface area contributed by atoms with Crippen molar-refractivity contribution in [3.63, 3.8) is 0 Å². The zero-order valence-electron chi connectivity index (χ0n) is 26.5. The van der Waals surface area contributed by atoms with Crippen molar-refractivity contribution in [2.24, 2.45) is 0 Å². The third kappa shape index (κ3) is 10.8. The smallest absolute Gasteiger partial charge is 0.142 e. The number of rotatable bonds is 0. The average molecular weight is 512 g/mol. The normalized spacial score (nSPS) is 12.9. The molecular formula is C32H53N3O2. The Hall–Kier alpha value is -2.43. The highest BCUT2D eigenvalue weighted by atomic mass is 16.5. The van der Waals surface area contributed by atoms with Crippen molar-refractivity contribution in [2.75, 3.05) is 0 Å². The van der Waals surface area contributed by atoms with E-state index in [1.165, 1.54) is 5.56 Å². The Morgan fingerprint density at radius 2 is 0.838 bits per heavy atom. The van der Waals surface area contributed by atoms with Crippen LogP contribution >= 0.6 is 0 Å². The number of hydrogen-bond acceptors (Lipinski definition) is 5. The Kier molecular flexibility index (Phi) is 10.2. The maximum absolute atomic E-state index is 5.31. The topological polar surface area (TPSA) is 65.0 Å². The Balaban J connectivity index is 0.000000279. The molecule has 0 spiro atoms. The molecule has 3 aromatic heterocycles. The van der Waals surface area contributed by atoms with Crippen LogP contribution in [0, 0.1) is 6.92 Å². The largest absolute Gasteiger partial charge is 0.361 e. The van der Waals surface area contributed by atoms with Gasteiger partial charge in [0, 0.05) is 51.1 Å². The Bertz CT molecular complexity index is 966. The number of pyridine rings is 1. The lowest BCUT2D eigenvalue weighted by atomic mass is 9.88. The van der Waals surface area contributed by atoms with Crippen LogP contribution in [-0.2, 0) is 27.1 Å². The summed E-state index contributed by atoms with van der Waals surface area (Å²) in [7, 11) is 0. The highest BCUT2D eigenvalue weighted by molar-refractivity contribution is 5.20. The fourth-order valence-electron chi connectivity index (χ4n) is 2.88. The van der Waals surface area contributed by atoms with Crippen molar-refractivity contribution in [2.45, 2.75) is 138 Å². The van der Waals surface area contributed by atoms with Crippen LogP contribution in [-0.4, -0.2) is 15.3 Å². The molecule has 3 aromatic rings. The van der Waals surface area contributed by atoms with Crippen LogP contribution < -0.4 is 0 Å². The van der Waals surface area contributed by atoms with Gasteiger partial charge in [0.15, 0.2) is 0 Å². The van der Waals surface area contributed by atoms with Crippen molar-refractivity contribution in [3.05, 3.63) is 64.6 Å². The lowest BCUT2D eigenvalue weighted by molar-refractivity contribution is 0.319. The van der Waals surface area contributed by atoms with Gasteiger partial charge in [-0.3, -0.25) is 4.98 Å². The molecule has 5 heteroatoms. The second-order valence-corrected chi connectivity index (χ2v) is 15.1. The summed E-state index contributed by atoms with van der Waals surface area (Å²) >= 11 is 0. The fourth-order valence-corrected chi connectivity index (χ4v) is 2.88. The van der Waals surface area contributed by atoms with E-state index in [-0.39, 0.29) is 27.1 Å². The van der Waals surface area contributed by atoms with Gasteiger partial charge >= 0.3 is 0 Å². The zero-order valence-corrected chi connectivity index (χ0v) is 26.5. The van der Waals surface area contributed by atoms with Gasteiger partial charge in [-0.2, -0.15) is 0 Å². The van der Waals surface area contributed by atoms with E-state index in [4.69, 9.17) is 9.05 Å². The van der Waals surface area contributed by atoms with Gasteiger partial charge in [-0.15, -0.1) is 0 Å². The summed E-state index contributed by atoms with van der Waals surface area (Å²) in [6, 6.07) is 8.31. The molecule has 0 atom stereocenters. The standard InChI is InChI=1S/2C11H19NO.C10H15N/c2*1-10(2,3)8-7-9(13-12-8)11(4,5)6;1-8-5-6-9(11-7-8)10(2,3)4/h2*7H,1-6H3;5-7H,1-4H3. The quantitative estimate of drug-likeness (QED) is 0.301. The molecule has 0 fully saturated rings. The highest BCUT2D eigenvalue weighted by Gasteiger charge is 2.25. The van der Waals surface area contributed by atoms with Gasteiger partial charge in [0.2, 0.25) is 0 Å². The molecule has 0 saturated heterocycles. The molecule has 0 aromatic carbocycles. The summed E-state index contributed by atoms with van der Waals surface area (Å²) in [5, 5.41) is 8.16. The fraction of sp³-hybridized carbons (Fsp3) is 0.656. The van der Waals surface area contributed by atoms with E-state index in [1.807, 2.05) is 6.20 Å². The molecule has 37 heavy (non-hydrogen) atoms. The first-order valence-electron chi connectivity index (χ1n) is 13.3. The number of aryl methyl sites for hydroxylation is 1. The molecule has 3 heterocycles. The maximum atomic E-state index is 5.31.